The third-order valence-corrected chi connectivity index (χ3v) is 4.59. The molecule has 2 N–H and O–H groups in total. The Labute approximate surface area is 158 Å². The maximum Gasteiger partial charge on any atom is 0.426 e. The molecule has 1 fully saturated rings. The molecule has 0 bridgehead atoms. The number of carbonyl (C=O) groups excluding carboxylic acids is 2. The lowest BCUT2D eigenvalue weighted by Crippen LogP contribution is -2.45. The van der Waals surface area contributed by atoms with E-state index in [0.29, 0.717) is 32.0 Å². The highest BCUT2D eigenvalue weighted by Gasteiger charge is 2.24. The first-order chi connectivity index (χ1) is 12.5. The Morgan fingerprint density at radius 3 is 2.41 bits per heavy atom. The molecule has 0 spiro atoms. The molecule has 2 rings (SSSR count). The summed E-state index contributed by atoms with van der Waals surface area (Å²) in [4.78, 5) is 30.0. The molecule has 0 unspecified atom stereocenters. The number of morpholine rings is 1. The fourth-order valence-electron chi connectivity index (χ4n) is 2.33. The highest BCUT2D eigenvalue weighted by Crippen LogP contribution is 2.23. The Bertz CT molecular complexity index is 813. The van der Waals surface area contributed by atoms with Gasteiger partial charge in [-0.3, -0.25) is 10.2 Å². The molecule has 1 aromatic rings. The zero-order chi connectivity index (χ0) is 20.2. The van der Waals surface area contributed by atoms with E-state index in [4.69, 9.17) is 9.47 Å². The fourth-order valence-corrected chi connectivity index (χ4v) is 2.90. The van der Waals surface area contributed by atoms with E-state index in [9.17, 15) is 18.0 Å². The molecule has 10 nitrogen and oxygen atoms in total. The van der Waals surface area contributed by atoms with E-state index in [1.165, 1.54) is 6.07 Å². The summed E-state index contributed by atoms with van der Waals surface area (Å²) in [5.74, 6) is -0.692. The summed E-state index contributed by atoms with van der Waals surface area (Å²) in [5, 5.41) is 0. The summed E-state index contributed by atoms with van der Waals surface area (Å²) in [7, 11) is -3.49. The second-order valence-electron chi connectivity index (χ2n) is 6.99. The van der Waals surface area contributed by atoms with Crippen LogP contribution in [0.5, 0.6) is 0 Å². The van der Waals surface area contributed by atoms with Gasteiger partial charge in [-0.1, -0.05) is 0 Å². The number of sulfone groups is 1. The predicted octanol–water partition coefficient (Wildman–Crippen LogP) is 0.491. The summed E-state index contributed by atoms with van der Waals surface area (Å²) >= 11 is 0. The van der Waals surface area contributed by atoms with Crippen LogP contribution in [0.25, 0.3) is 0 Å². The fraction of sp³-hybridized carbons (Fsp3) is 0.562. The van der Waals surface area contributed by atoms with Crippen LogP contribution in [-0.4, -0.2) is 63.6 Å². The largest absolute Gasteiger partial charge is 0.443 e. The van der Waals surface area contributed by atoms with Gasteiger partial charge in [0, 0.05) is 25.5 Å². The van der Waals surface area contributed by atoms with E-state index < -0.39 is 27.4 Å². The summed E-state index contributed by atoms with van der Waals surface area (Å²) in [6.45, 7) is 6.92. The van der Waals surface area contributed by atoms with E-state index in [0.717, 1.165) is 12.5 Å². The molecule has 1 aromatic heterocycles. The number of hydrazine groups is 1. The molecule has 2 heterocycles. The van der Waals surface area contributed by atoms with Gasteiger partial charge < -0.3 is 14.4 Å². The molecular formula is C16H24N4O6S. The van der Waals surface area contributed by atoms with E-state index in [1.807, 2.05) is 4.90 Å². The summed E-state index contributed by atoms with van der Waals surface area (Å²) in [5.41, 5.74) is 3.99. The molecule has 0 aliphatic carbocycles. The first kappa shape index (κ1) is 20.9. The van der Waals surface area contributed by atoms with Crippen LogP contribution in [0, 0.1) is 0 Å². The number of hydrogen-bond acceptors (Lipinski definition) is 8. The second-order valence-corrected chi connectivity index (χ2v) is 9.01. The maximum atomic E-state index is 12.5. The van der Waals surface area contributed by atoms with Crippen molar-refractivity contribution in [2.75, 3.05) is 37.5 Å². The lowest BCUT2D eigenvalue weighted by atomic mass is 10.2. The van der Waals surface area contributed by atoms with E-state index >= 15 is 0 Å². The molecule has 0 saturated carbocycles. The van der Waals surface area contributed by atoms with Gasteiger partial charge in [-0.15, -0.1) is 0 Å². The summed E-state index contributed by atoms with van der Waals surface area (Å²) in [6.07, 6.45) is 1.36. The Balaban J connectivity index is 2.23. The number of anilines is 1. The van der Waals surface area contributed by atoms with Gasteiger partial charge in [0.15, 0.2) is 15.5 Å². The van der Waals surface area contributed by atoms with Crippen molar-refractivity contribution in [3.63, 3.8) is 0 Å². The van der Waals surface area contributed by atoms with Crippen molar-refractivity contribution in [2.45, 2.75) is 31.3 Å². The lowest BCUT2D eigenvalue weighted by molar-refractivity contribution is 0.0483. The highest BCUT2D eigenvalue weighted by molar-refractivity contribution is 7.90. The van der Waals surface area contributed by atoms with Crippen molar-refractivity contribution in [2.24, 2.45) is 0 Å². The first-order valence-corrected chi connectivity index (χ1v) is 10.2. The molecule has 27 heavy (non-hydrogen) atoms. The summed E-state index contributed by atoms with van der Waals surface area (Å²) in [6, 6.07) is 1.40. The quantitative estimate of drug-likeness (QED) is 0.702. The van der Waals surface area contributed by atoms with Gasteiger partial charge in [0.25, 0.3) is 5.91 Å². The molecular weight excluding hydrogens is 376 g/mol. The normalized spacial score (nSPS) is 15.2. The van der Waals surface area contributed by atoms with Gasteiger partial charge in [0.05, 0.1) is 23.8 Å². The molecule has 1 aliphatic rings. The molecule has 0 aromatic carbocycles. The maximum absolute atomic E-state index is 12.5. The van der Waals surface area contributed by atoms with Crippen LogP contribution in [0.1, 0.15) is 31.3 Å². The topological polar surface area (TPSA) is 127 Å². The number of hydrogen-bond donors (Lipinski definition) is 2. The first-order valence-electron chi connectivity index (χ1n) is 8.29. The lowest BCUT2D eigenvalue weighted by Gasteiger charge is -2.30. The minimum atomic E-state index is -3.49. The van der Waals surface area contributed by atoms with Gasteiger partial charge in [-0.25, -0.2) is 23.6 Å². The van der Waals surface area contributed by atoms with Crippen molar-refractivity contribution in [1.29, 1.82) is 0 Å². The van der Waals surface area contributed by atoms with Crippen LogP contribution in [0.15, 0.2) is 17.2 Å². The molecule has 11 heteroatoms. The third-order valence-electron chi connectivity index (χ3n) is 3.51. The van der Waals surface area contributed by atoms with Gasteiger partial charge >= 0.3 is 6.09 Å². The van der Waals surface area contributed by atoms with Gasteiger partial charge in [0.1, 0.15) is 5.60 Å². The van der Waals surface area contributed by atoms with Crippen LogP contribution in [0.3, 0.4) is 0 Å². The Kier molecular flexibility index (Phi) is 6.26. The molecule has 0 radical (unpaired) electrons. The van der Waals surface area contributed by atoms with E-state index in [2.05, 4.69) is 15.8 Å². The van der Waals surface area contributed by atoms with Gasteiger partial charge in [-0.05, 0) is 26.8 Å². The Morgan fingerprint density at radius 2 is 1.85 bits per heavy atom. The third kappa shape index (κ3) is 6.07. The summed E-state index contributed by atoms with van der Waals surface area (Å²) < 4.78 is 34.0. The molecule has 2 amide bonds. The standard InChI is InChI=1S/C16H24N4O6S/c1-16(2,3)26-15(22)19-18-14(21)13-12(20-5-7-25-8-6-20)9-11(10-17-13)27(4,23)24/h9-10H,5-8H2,1-4H3,(H,18,21)(H,19,22). The zero-order valence-electron chi connectivity index (χ0n) is 15.7. The minimum Gasteiger partial charge on any atom is -0.443 e. The number of rotatable bonds is 3. The van der Waals surface area contributed by atoms with Crippen molar-refractivity contribution < 1.29 is 27.5 Å². The molecule has 1 saturated heterocycles. The SMILES string of the molecule is CC(C)(C)OC(=O)NNC(=O)c1ncc(S(C)(=O)=O)cc1N1CCOCC1. The van der Waals surface area contributed by atoms with Crippen molar-refractivity contribution in [1.82, 2.24) is 15.8 Å². The minimum absolute atomic E-state index is 0.000596. The monoisotopic (exact) mass is 400 g/mol. The number of carbonyl (C=O) groups is 2. The number of nitrogens with one attached hydrogen (secondary N) is 2. The second kappa shape index (κ2) is 8.09. The van der Waals surface area contributed by atoms with Crippen molar-refractivity contribution in [3.8, 4) is 0 Å². The van der Waals surface area contributed by atoms with Gasteiger partial charge in [-0.2, -0.15) is 0 Å². The number of nitrogens with zero attached hydrogens (tertiary/aromatic N) is 2. The average Bonchev–Trinajstić information content (AvgIpc) is 2.57. The molecule has 0 atom stereocenters. The van der Waals surface area contributed by atoms with Crippen LogP contribution in [0.2, 0.25) is 0 Å². The van der Waals surface area contributed by atoms with E-state index in [-0.39, 0.29) is 10.6 Å². The van der Waals surface area contributed by atoms with Crippen molar-refractivity contribution in [3.05, 3.63) is 18.0 Å². The van der Waals surface area contributed by atoms with Crippen LogP contribution < -0.4 is 15.8 Å². The number of pyridine rings is 1. The molecule has 150 valence electrons. The van der Waals surface area contributed by atoms with Gasteiger partial charge in [0.2, 0.25) is 0 Å². The number of amides is 2. The van der Waals surface area contributed by atoms with Crippen LogP contribution >= 0.6 is 0 Å². The average molecular weight is 400 g/mol. The Hall–Kier alpha value is -2.40. The predicted molar refractivity (Wildman–Crippen MR) is 97.2 cm³/mol. The number of aromatic nitrogens is 1. The van der Waals surface area contributed by atoms with Crippen LogP contribution in [0.4, 0.5) is 10.5 Å². The van der Waals surface area contributed by atoms with Crippen LogP contribution in [-0.2, 0) is 19.3 Å². The smallest absolute Gasteiger partial charge is 0.426 e. The van der Waals surface area contributed by atoms with E-state index in [1.54, 1.807) is 20.8 Å². The zero-order valence-corrected chi connectivity index (χ0v) is 16.6. The Morgan fingerprint density at radius 1 is 1.22 bits per heavy atom. The highest BCUT2D eigenvalue weighted by atomic mass is 32.2. The van der Waals surface area contributed by atoms with Crippen molar-refractivity contribution >= 4 is 27.5 Å². The number of ether oxygens (including phenoxy) is 2. The molecule has 1 aliphatic heterocycles.